The van der Waals surface area contributed by atoms with E-state index in [2.05, 4.69) is 10.6 Å². The van der Waals surface area contributed by atoms with Crippen LogP contribution in [0.15, 0.2) is 48.5 Å². The molecule has 2 rings (SSSR count). The smallest absolute Gasteiger partial charge is 0.257 e. The van der Waals surface area contributed by atoms with Gasteiger partial charge in [-0.25, -0.2) is 8.42 Å². The van der Waals surface area contributed by atoms with E-state index in [1.165, 1.54) is 13.1 Å². The largest absolute Gasteiger partial charge is 0.385 e. The molecule has 0 unspecified atom stereocenters. The molecule has 0 aromatic heterocycles. The van der Waals surface area contributed by atoms with Gasteiger partial charge in [-0.3, -0.25) is 13.9 Å². The van der Waals surface area contributed by atoms with Crippen LogP contribution in [0.4, 0.5) is 11.4 Å². The van der Waals surface area contributed by atoms with Crippen LogP contribution >= 0.6 is 0 Å². The number of carbonyl (C=O) groups excluding carboxylic acids is 2. The standard InChI is InChI=1S/C20H25N3O5S/c1-23(29(3,26)27)18-12-7-5-10-16(18)20(25)22-17-11-6-4-9-15(17)19(24)21-13-8-14-28-2/h4-7,9-12H,8,13-14H2,1-3H3,(H,21,24)(H,22,25). The first kappa shape index (κ1) is 22.4. The summed E-state index contributed by atoms with van der Waals surface area (Å²) in [5.41, 5.74) is 1.07. The van der Waals surface area contributed by atoms with Gasteiger partial charge in [0.1, 0.15) is 0 Å². The Labute approximate surface area is 170 Å². The molecule has 0 aliphatic rings. The summed E-state index contributed by atoms with van der Waals surface area (Å²) < 4.78 is 29.8. The van der Waals surface area contributed by atoms with E-state index >= 15 is 0 Å². The molecule has 8 nitrogen and oxygen atoms in total. The minimum Gasteiger partial charge on any atom is -0.385 e. The summed E-state index contributed by atoms with van der Waals surface area (Å²) in [7, 11) is -0.576. The van der Waals surface area contributed by atoms with Gasteiger partial charge in [0.15, 0.2) is 0 Å². The van der Waals surface area contributed by atoms with E-state index in [0.717, 1.165) is 10.6 Å². The fourth-order valence-electron chi connectivity index (χ4n) is 2.61. The van der Waals surface area contributed by atoms with Crippen molar-refractivity contribution in [1.29, 1.82) is 0 Å². The number of carbonyl (C=O) groups is 2. The van der Waals surface area contributed by atoms with Crippen LogP contribution in [0.3, 0.4) is 0 Å². The normalized spacial score (nSPS) is 11.0. The molecule has 0 atom stereocenters. The van der Waals surface area contributed by atoms with Crippen molar-refractivity contribution in [2.24, 2.45) is 0 Å². The maximum atomic E-state index is 12.9. The van der Waals surface area contributed by atoms with Crippen molar-refractivity contribution in [1.82, 2.24) is 5.32 Å². The number of rotatable bonds is 9. The van der Waals surface area contributed by atoms with Gasteiger partial charge < -0.3 is 15.4 Å². The molecule has 0 fully saturated rings. The predicted molar refractivity (Wildman–Crippen MR) is 113 cm³/mol. The van der Waals surface area contributed by atoms with Gasteiger partial charge in [-0.15, -0.1) is 0 Å². The van der Waals surface area contributed by atoms with Gasteiger partial charge in [-0.2, -0.15) is 0 Å². The Hall–Kier alpha value is -2.91. The van der Waals surface area contributed by atoms with Gasteiger partial charge in [0, 0.05) is 27.3 Å². The van der Waals surface area contributed by atoms with Crippen LogP contribution in [-0.2, 0) is 14.8 Å². The fourth-order valence-corrected chi connectivity index (χ4v) is 3.13. The van der Waals surface area contributed by atoms with Gasteiger partial charge in [-0.1, -0.05) is 24.3 Å². The number of anilines is 2. The summed E-state index contributed by atoms with van der Waals surface area (Å²) in [6, 6.07) is 13.0. The lowest BCUT2D eigenvalue weighted by Gasteiger charge is -2.20. The highest BCUT2D eigenvalue weighted by Gasteiger charge is 2.20. The van der Waals surface area contributed by atoms with Crippen molar-refractivity contribution in [3.8, 4) is 0 Å². The molecule has 2 aromatic carbocycles. The number of nitrogens with zero attached hydrogens (tertiary/aromatic N) is 1. The highest BCUT2D eigenvalue weighted by molar-refractivity contribution is 7.92. The van der Waals surface area contributed by atoms with E-state index in [-0.39, 0.29) is 17.2 Å². The Kier molecular flexibility index (Phi) is 7.74. The average molecular weight is 420 g/mol. The summed E-state index contributed by atoms with van der Waals surface area (Å²) in [5, 5.41) is 5.49. The van der Waals surface area contributed by atoms with Gasteiger partial charge in [0.2, 0.25) is 10.0 Å². The molecule has 9 heteroatoms. The maximum absolute atomic E-state index is 12.9. The summed E-state index contributed by atoms with van der Waals surface area (Å²) in [4.78, 5) is 25.3. The van der Waals surface area contributed by atoms with Crippen LogP contribution < -0.4 is 14.9 Å². The summed E-state index contributed by atoms with van der Waals surface area (Å²) in [5.74, 6) is -0.839. The Balaban J connectivity index is 2.24. The summed E-state index contributed by atoms with van der Waals surface area (Å²) in [6.45, 7) is 0.972. The number of hydrogen-bond acceptors (Lipinski definition) is 5. The first-order chi connectivity index (χ1) is 13.8. The Morgan fingerprint density at radius 2 is 1.62 bits per heavy atom. The molecule has 0 spiro atoms. The van der Waals surface area contributed by atoms with Crippen molar-refractivity contribution in [3.63, 3.8) is 0 Å². The number of ether oxygens (including phenoxy) is 1. The molecule has 156 valence electrons. The molecule has 0 heterocycles. The van der Waals surface area contributed by atoms with E-state index in [0.29, 0.717) is 30.8 Å². The first-order valence-electron chi connectivity index (χ1n) is 8.96. The van der Waals surface area contributed by atoms with Gasteiger partial charge in [-0.05, 0) is 30.7 Å². The lowest BCUT2D eigenvalue weighted by Crippen LogP contribution is -2.28. The number of sulfonamides is 1. The van der Waals surface area contributed by atoms with Crippen LogP contribution in [0.25, 0.3) is 0 Å². The minimum absolute atomic E-state index is 0.177. The molecular formula is C20H25N3O5S. The first-order valence-corrected chi connectivity index (χ1v) is 10.8. The molecule has 0 bridgehead atoms. The molecule has 29 heavy (non-hydrogen) atoms. The monoisotopic (exact) mass is 419 g/mol. The van der Waals surface area contributed by atoms with Crippen molar-refractivity contribution in [2.75, 3.05) is 43.2 Å². The SMILES string of the molecule is COCCCNC(=O)c1ccccc1NC(=O)c1ccccc1N(C)S(C)(=O)=O. The van der Waals surface area contributed by atoms with Crippen molar-refractivity contribution < 1.29 is 22.7 Å². The second-order valence-corrected chi connectivity index (χ2v) is 8.36. The number of para-hydroxylation sites is 2. The highest BCUT2D eigenvalue weighted by atomic mass is 32.2. The summed E-state index contributed by atoms with van der Waals surface area (Å²) >= 11 is 0. The second-order valence-electron chi connectivity index (χ2n) is 6.35. The van der Waals surface area contributed by atoms with Crippen LogP contribution in [-0.4, -0.2) is 53.8 Å². The fraction of sp³-hybridized carbons (Fsp3) is 0.300. The van der Waals surface area contributed by atoms with E-state index < -0.39 is 15.9 Å². The third-order valence-electron chi connectivity index (χ3n) is 4.22. The van der Waals surface area contributed by atoms with E-state index in [4.69, 9.17) is 4.74 Å². The van der Waals surface area contributed by atoms with E-state index in [9.17, 15) is 18.0 Å². The lowest BCUT2D eigenvalue weighted by atomic mass is 10.1. The third kappa shape index (κ3) is 6.03. The number of hydrogen-bond donors (Lipinski definition) is 2. The van der Waals surface area contributed by atoms with E-state index in [1.807, 2.05) is 0 Å². The number of amides is 2. The molecule has 2 N–H and O–H groups in total. The van der Waals surface area contributed by atoms with Crippen LogP contribution in [0, 0.1) is 0 Å². The number of nitrogens with one attached hydrogen (secondary N) is 2. The molecule has 0 saturated carbocycles. The Bertz CT molecular complexity index is 976. The van der Waals surface area contributed by atoms with Gasteiger partial charge in [0.25, 0.3) is 11.8 Å². The van der Waals surface area contributed by atoms with Crippen molar-refractivity contribution >= 4 is 33.2 Å². The number of methoxy groups -OCH3 is 1. The highest BCUT2D eigenvalue weighted by Crippen LogP contribution is 2.23. The molecule has 2 aromatic rings. The van der Waals surface area contributed by atoms with Gasteiger partial charge >= 0.3 is 0 Å². The average Bonchev–Trinajstić information content (AvgIpc) is 2.70. The van der Waals surface area contributed by atoms with Crippen molar-refractivity contribution in [3.05, 3.63) is 59.7 Å². The molecule has 0 aliphatic carbocycles. The molecule has 0 radical (unpaired) electrons. The van der Waals surface area contributed by atoms with Gasteiger partial charge in [0.05, 0.1) is 28.8 Å². The zero-order valence-corrected chi connectivity index (χ0v) is 17.5. The molecular weight excluding hydrogens is 394 g/mol. The zero-order valence-electron chi connectivity index (χ0n) is 16.6. The zero-order chi connectivity index (χ0) is 21.4. The predicted octanol–water partition coefficient (Wildman–Crippen LogP) is 2.10. The van der Waals surface area contributed by atoms with Crippen LogP contribution in [0.5, 0.6) is 0 Å². The van der Waals surface area contributed by atoms with Crippen molar-refractivity contribution in [2.45, 2.75) is 6.42 Å². The van der Waals surface area contributed by atoms with Crippen LogP contribution in [0.1, 0.15) is 27.1 Å². The molecule has 0 aliphatic heterocycles. The summed E-state index contributed by atoms with van der Waals surface area (Å²) in [6.07, 6.45) is 1.73. The Morgan fingerprint density at radius 1 is 1.00 bits per heavy atom. The topological polar surface area (TPSA) is 105 Å². The second kappa shape index (κ2) is 10.0. The Morgan fingerprint density at radius 3 is 2.28 bits per heavy atom. The quantitative estimate of drug-likeness (QED) is 0.606. The maximum Gasteiger partial charge on any atom is 0.257 e. The molecule has 2 amide bonds. The third-order valence-corrected chi connectivity index (χ3v) is 5.41. The number of benzene rings is 2. The lowest BCUT2D eigenvalue weighted by molar-refractivity contribution is 0.0949. The minimum atomic E-state index is -3.54. The molecule has 0 saturated heterocycles. The van der Waals surface area contributed by atoms with Crippen LogP contribution in [0.2, 0.25) is 0 Å². The van der Waals surface area contributed by atoms with E-state index in [1.54, 1.807) is 49.6 Å².